The van der Waals surface area contributed by atoms with Gasteiger partial charge in [-0.05, 0) is 12.8 Å². The SMILES string of the molecule is CN(C(=O)CN1CCCOC1=O)C1CCS(=O)(=O)C1. The monoisotopic (exact) mass is 290 g/mol. The Morgan fingerprint density at radius 3 is 2.84 bits per heavy atom. The predicted molar refractivity (Wildman–Crippen MR) is 67.4 cm³/mol. The molecule has 1 unspecified atom stereocenters. The van der Waals surface area contributed by atoms with Crippen LogP contribution in [0, 0.1) is 0 Å². The maximum Gasteiger partial charge on any atom is 0.410 e. The number of cyclic esters (lactones) is 1. The third kappa shape index (κ3) is 3.37. The Balaban J connectivity index is 1.91. The molecule has 0 spiro atoms. The molecule has 0 aromatic rings. The van der Waals surface area contributed by atoms with Crippen molar-refractivity contribution in [1.29, 1.82) is 0 Å². The molecule has 8 heteroatoms. The number of sulfone groups is 1. The fourth-order valence-corrected chi connectivity index (χ4v) is 4.07. The van der Waals surface area contributed by atoms with Gasteiger partial charge in [0.05, 0.1) is 18.1 Å². The van der Waals surface area contributed by atoms with Crippen molar-refractivity contribution in [2.75, 3.05) is 38.2 Å². The average Bonchev–Trinajstić information content (AvgIpc) is 2.71. The Bertz CT molecular complexity index is 475. The van der Waals surface area contributed by atoms with Crippen LogP contribution in [0.1, 0.15) is 12.8 Å². The van der Waals surface area contributed by atoms with Crippen LogP contribution >= 0.6 is 0 Å². The highest BCUT2D eigenvalue weighted by molar-refractivity contribution is 7.91. The second kappa shape index (κ2) is 5.36. The Kier molecular flexibility index (Phi) is 3.98. The van der Waals surface area contributed by atoms with Crippen molar-refractivity contribution in [3.05, 3.63) is 0 Å². The summed E-state index contributed by atoms with van der Waals surface area (Å²) in [6.07, 6.45) is 0.697. The molecule has 2 aliphatic rings. The molecule has 0 aliphatic carbocycles. The zero-order valence-corrected chi connectivity index (χ0v) is 11.7. The average molecular weight is 290 g/mol. The molecule has 2 fully saturated rings. The van der Waals surface area contributed by atoms with Crippen LogP contribution in [-0.2, 0) is 19.4 Å². The number of carbonyl (C=O) groups excluding carboxylic acids is 2. The van der Waals surface area contributed by atoms with E-state index in [9.17, 15) is 18.0 Å². The minimum atomic E-state index is -3.02. The Labute approximate surface area is 112 Å². The molecular weight excluding hydrogens is 272 g/mol. The van der Waals surface area contributed by atoms with Crippen molar-refractivity contribution in [1.82, 2.24) is 9.80 Å². The van der Waals surface area contributed by atoms with Crippen molar-refractivity contribution < 1.29 is 22.7 Å². The van der Waals surface area contributed by atoms with Gasteiger partial charge in [-0.15, -0.1) is 0 Å². The quantitative estimate of drug-likeness (QED) is 0.698. The van der Waals surface area contributed by atoms with E-state index < -0.39 is 15.9 Å². The minimum Gasteiger partial charge on any atom is -0.449 e. The number of nitrogens with zero attached hydrogens (tertiary/aromatic N) is 2. The summed E-state index contributed by atoms with van der Waals surface area (Å²) in [6, 6.07) is -0.279. The molecule has 0 aromatic carbocycles. The molecule has 0 bridgehead atoms. The van der Waals surface area contributed by atoms with Crippen molar-refractivity contribution in [2.45, 2.75) is 18.9 Å². The van der Waals surface area contributed by atoms with Crippen LogP contribution in [0.5, 0.6) is 0 Å². The maximum atomic E-state index is 12.0. The van der Waals surface area contributed by atoms with E-state index in [0.29, 0.717) is 26.0 Å². The first-order chi connectivity index (χ1) is 8.89. The summed E-state index contributed by atoms with van der Waals surface area (Å²) in [5.41, 5.74) is 0. The van der Waals surface area contributed by atoms with Crippen LogP contribution in [0.25, 0.3) is 0 Å². The van der Waals surface area contributed by atoms with Gasteiger partial charge in [-0.25, -0.2) is 13.2 Å². The third-order valence-electron chi connectivity index (χ3n) is 3.53. The molecule has 108 valence electrons. The largest absolute Gasteiger partial charge is 0.449 e. The van der Waals surface area contributed by atoms with E-state index in [1.54, 1.807) is 7.05 Å². The van der Waals surface area contributed by atoms with Gasteiger partial charge in [0.2, 0.25) is 5.91 Å². The van der Waals surface area contributed by atoms with Crippen LogP contribution in [0.2, 0.25) is 0 Å². The summed E-state index contributed by atoms with van der Waals surface area (Å²) < 4.78 is 27.6. The van der Waals surface area contributed by atoms with E-state index in [1.807, 2.05) is 0 Å². The van der Waals surface area contributed by atoms with Crippen LogP contribution < -0.4 is 0 Å². The first-order valence-corrected chi connectivity index (χ1v) is 8.09. The fourth-order valence-electron chi connectivity index (χ4n) is 2.30. The van der Waals surface area contributed by atoms with Gasteiger partial charge in [0.25, 0.3) is 0 Å². The van der Waals surface area contributed by atoms with Crippen molar-refractivity contribution in [3.8, 4) is 0 Å². The molecule has 2 saturated heterocycles. The molecule has 0 saturated carbocycles. The molecule has 2 aliphatic heterocycles. The highest BCUT2D eigenvalue weighted by Gasteiger charge is 2.33. The molecule has 0 N–H and O–H groups in total. The number of carbonyl (C=O) groups is 2. The molecule has 2 heterocycles. The van der Waals surface area contributed by atoms with E-state index in [-0.39, 0.29) is 30.0 Å². The molecular formula is C11H18N2O5S. The molecule has 0 aromatic heterocycles. The van der Waals surface area contributed by atoms with E-state index in [4.69, 9.17) is 4.74 Å². The van der Waals surface area contributed by atoms with Crippen LogP contribution in [0.4, 0.5) is 4.79 Å². The zero-order valence-electron chi connectivity index (χ0n) is 10.9. The Morgan fingerprint density at radius 1 is 1.53 bits per heavy atom. The smallest absolute Gasteiger partial charge is 0.410 e. The lowest BCUT2D eigenvalue weighted by atomic mass is 10.2. The van der Waals surface area contributed by atoms with Gasteiger partial charge in [-0.1, -0.05) is 0 Å². The number of hydrogen-bond donors (Lipinski definition) is 0. The Hall–Kier alpha value is -1.31. The maximum absolute atomic E-state index is 12.0. The van der Waals surface area contributed by atoms with Crippen LogP contribution in [0.3, 0.4) is 0 Å². The zero-order chi connectivity index (χ0) is 14.0. The van der Waals surface area contributed by atoms with Crippen molar-refractivity contribution >= 4 is 21.8 Å². The van der Waals surface area contributed by atoms with E-state index in [1.165, 1.54) is 9.80 Å². The van der Waals surface area contributed by atoms with E-state index >= 15 is 0 Å². The second-order valence-corrected chi connectivity index (χ2v) is 7.18. The van der Waals surface area contributed by atoms with Gasteiger partial charge < -0.3 is 9.64 Å². The lowest BCUT2D eigenvalue weighted by molar-refractivity contribution is -0.132. The number of amides is 2. The van der Waals surface area contributed by atoms with Crippen molar-refractivity contribution in [2.24, 2.45) is 0 Å². The summed E-state index contributed by atoms with van der Waals surface area (Å²) in [5.74, 6) is -0.110. The lowest BCUT2D eigenvalue weighted by Crippen LogP contribution is -2.47. The molecule has 2 amide bonds. The van der Waals surface area contributed by atoms with Gasteiger partial charge in [0.15, 0.2) is 9.84 Å². The summed E-state index contributed by atoms with van der Waals surface area (Å²) in [7, 11) is -1.43. The number of likely N-dealkylation sites (N-methyl/N-ethyl adjacent to an activating group) is 1. The number of ether oxygens (including phenoxy) is 1. The van der Waals surface area contributed by atoms with Crippen molar-refractivity contribution in [3.63, 3.8) is 0 Å². The van der Waals surface area contributed by atoms with Gasteiger partial charge in [0, 0.05) is 19.6 Å². The molecule has 19 heavy (non-hydrogen) atoms. The number of rotatable bonds is 3. The summed E-state index contributed by atoms with van der Waals surface area (Å²) in [4.78, 5) is 26.2. The molecule has 0 radical (unpaired) electrons. The number of hydrogen-bond acceptors (Lipinski definition) is 5. The summed E-state index contributed by atoms with van der Waals surface area (Å²) >= 11 is 0. The van der Waals surface area contributed by atoms with Gasteiger partial charge in [-0.3, -0.25) is 9.69 Å². The third-order valence-corrected chi connectivity index (χ3v) is 5.28. The van der Waals surface area contributed by atoms with E-state index in [0.717, 1.165) is 0 Å². The van der Waals surface area contributed by atoms with Crippen LogP contribution in [-0.4, -0.2) is 74.5 Å². The fraction of sp³-hybridized carbons (Fsp3) is 0.818. The topological polar surface area (TPSA) is 84.0 Å². The van der Waals surface area contributed by atoms with Gasteiger partial charge in [-0.2, -0.15) is 0 Å². The van der Waals surface area contributed by atoms with Crippen LogP contribution in [0.15, 0.2) is 0 Å². The molecule has 1 atom stereocenters. The second-order valence-electron chi connectivity index (χ2n) is 4.95. The molecule has 7 nitrogen and oxygen atoms in total. The highest BCUT2D eigenvalue weighted by atomic mass is 32.2. The lowest BCUT2D eigenvalue weighted by Gasteiger charge is -2.29. The first-order valence-electron chi connectivity index (χ1n) is 6.27. The Morgan fingerprint density at radius 2 is 2.26 bits per heavy atom. The summed E-state index contributed by atoms with van der Waals surface area (Å²) in [5, 5.41) is 0. The standard InChI is InChI=1S/C11H18N2O5S/c1-12(9-3-6-19(16,17)8-9)10(14)7-13-4-2-5-18-11(13)15/h9H,2-8H2,1H3. The minimum absolute atomic E-state index is 0.0136. The summed E-state index contributed by atoms with van der Waals surface area (Å²) in [6.45, 7) is 0.841. The van der Waals surface area contributed by atoms with Gasteiger partial charge in [0.1, 0.15) is 6.54 Å². The predicted octanol–water partition coefficient (Wildman–Crippen LogP) is -0.526. The van der Waals surface area contributed by atoms with Gasteiger partial charge >= 0.3 is 6.09 Å². The normalized spacial score (nSPS) is 26.1. The molecule has 2 rings (SSSR count). The van der Waals surface area contributed by atoms with E-state index in [2.05, 4.69) is 0 Å². The first kappa shape index (κ1) is 14.1. The highest BCUT2D eigenvalue weighted by Crippen LogP contribution is 2.17.